The van der Waals surface area contributed by atoms with Gasteiger partial charge in [-0.1, -0.05) is 0 Å². The van der Waals surface area contributed by atoms with Crippen molar-refractivity contribution in [2.75, 3.05) is 0 Å². The molecule has 0 saturated carbocycles. The van der Waals surface area contributed by atoms with Crippen LogP contribution in [0, 0.1) is 0 Å². The van der Waals surface area contributed by atoms with Crippen molar-refractivity contribution in [3.05, 3.63) is 0 Å². The Balaban J connectivity index is 1.86. The van der Waals surface area contributed by atoms with Crippen LogP contribution in [0.3, 0.4) is 0 Å². The van der Waals surface area contributed by atoms with Gasteiger partial charge in [-0.25, -0.2) is 0 Å². The number of ether oxygens (including phenoxy) is 9. The van der Waals surface area contributed by atoms with E-state index in [9.17, 15) is 57.5 Å². The molecule has 0 unspecified atom stereocenters. The quantitative estimate of drug-likeness (QED) is 0.164. The summed E-state index contributed by atoms with van der Waals surface area (Å²) < 4.78 is 58.1. The van der Waals surface area contributed by atoms with E-state index in [0.29, 0.717) is 0 Å². The summed E-state index contributed by atoms with van der Waals surface area (Å²) in [7, 11) is 0. The standard InChI is InChI=1S/3C4H2O9.2Ga/c3*5-1(6)11-3(9)13-4(10)12-2(7)8;;/h3*(H,5,6)(H,7,8);;/q;;;2*+3/p-6. The molecule has 27 nitrogen and oxygen atoms in total. The zero-order valence-corrected chi connectivity index (χ0v) is 23.0. The Morgan fingerprint density at radius 2 is 0.585 bits per heavy atom. The molecule has 41 heavy (non-hydrogen) atoms. The van der Waals surface area contributed by atoms with Crippen LogP contribution in [0.25, 0.3) is 0 Å². The second kappa shape index (κ2) is 14.5. The number of hydrogen-bond donors (Lipinski definition) is 0. The normalized spacial score (nSPS) is 16.0. The minimum absolute atomic E-state index is 2.03. The van der Waals surface area contributed by atoms with Gasteiger partial charge in [-0.3, -0.25) is 0 Å². The van der Waals surface area contributed by atoms with Gasteiger partial charge in [0, 0.05) is 0 Å². The van der Waals surface area contributed by atoms with E-state index in [2.05, 4.69) is 63.8 Å². The van der Waals surface area contributed by atoms with Gasteiger partial charge in [-0.15, -0.1) is 0 Å². The first-order valence-electron chi connectivity index (χ1n) is 8.76. The number of rotatable bonds is 2. The fraction of sp³-hybridized carbons (Fsp3) is 0. The topological polar surface area (TPSA) is 343 Å². The number of carbonyl (C=O) groups is 12. The van der Waals surface area contributed by atoms with Gasteiger partial charge in [0.25, 0.3) is 0 Å². The molecule has 29 heteroatoms. The third kappa shape index (κ3) is 12.1. The summed E-state index contributed by atoms with van der Waals surface area (Å²) in [5, 5.41) is 0. The average molecular weight is 716 g/mol. The monoisotopic (exact) mass is 714 g/mol. The summed E-state index contributed by atoms with van der Waals surface area (Å²) in [6, 6.07) is 0. The van der Waals surface area contributed by atoms with Crippen molar-refractivity contribution in [2.45, 2.75) is 0 Å². The van der Waals surface area contributed by atoms with Crippen LogP contribution in [0.5, 0.6) is 0 Å². The van der Waals surface area contributed by atoms with Crippen molar-refractivity contribution in [3.8, 4) is 0 Å². The van der Waals surface area contributed by atoms with E-state index in [4.69, 9.17) is 0 Å². The molecular formula is C12Ga2O27. The van der Waals surface area contributed by atoms with Crippen LogP contribution in [0.4, 0.5) is 57.5 Å². The van der Waals surface area contributed by atoms with E-state index in [1.807, 2.05) is 0 Å². The molecule has 2 rings (SSSR count). The second-order valence-electron chi connectivity index (χ2n) is 5.20. The number of carbonyl (C=O) groups excluding carboxylic acids is 12. The zero-order chi connectivity index (χ0) is 30.7. The second-order valence-corrected chi connectivity index (χ2v) is 10.6. The zero-order valence-electron chi connectivity index (χ0n) is 18.2. The van der Waals surface area contributed by atoms with E-state index >= 15 is 0 Å². The van der Waals surface area contributed by atoms with Crippen LogP contribution >= 0.6 is 0 Å². The molecule has 0 radical (unpaired) electrons. The Kier molecular flexibility index (Phi) is 11.1. The minimum atomic E-state index is -5.04. The first-order valence-corrected chi connectivity index (χ1v) is 14.7. The molecule has 2 heterocycles. The van der Waals surface area contributed by atoms with Gasteiger partial charge < -0.3 is 0 Å². The molecule has 0 atom stereocenters. The Bertz CT molecular complexity index is 1060. The number of hydrogen-bond acceptors (Lipinski definition) is 27. The summed E-state index contributed by atoms with van der Waals surface area (Å²) in [6.07, 6.45) is -25.4. The average Bonchev–Trinajstić information content (AvgIpc) is 2.75. The van der Waals surface area contributed by atoms with Crippen molar-refractivity contribution in [3.63, 3.8) is 0 Å². The maximum atomic E-state index is 11.6. The summed E-state index contributed by atoms with van der Waals surface area (Å²) in [6.45, 7) is 0. The molecule has 216 valence electrons. The Morgan fingerprint density at radius 3 is 0.854 bits per heavy atom. The van der Waals surface area contributed by atoms with Crippen molar-refractivity contribution in [1.82, 2.24) is 0 Å². The molecule has 0 N–H and O–H groups in total. The maximum absolute atomic E-state index is 11.6. The van der Waals surface area contributed by atoms with E-state index in [0.717, 1.165) is 0 Å². The van der Waals surface area contributed by atoms with Crippen molar-refractivity contribution < 1.29 is 121 Å². The van der Waals surface area contributed by atoms with Gasteiger partial charge in [-0.05, 0) is 0 Å². The van der Waals surface area contributed by atoms with E-state index in [1.54, 1.807) is 0 Å². The van der Waals surface area contributed by atoms with Gasteiger partial charge in [0.05, 0.1) is 0 Å². The fourth-order valence-corrected chi connectivity index (χ4v) is 4.69. The third-order valence-electron chi connectivity index (χ3n) is 2.65. The first kappa shape index (κ1) is 31.5. The fourth-order valence-electron chi connectivity index (χ4n) is 1.50. The Hall–Kier alpha value is -5.69. The van der Waals surface area contributed by atoms with Crippen molar-refractivity contribution in [2.24, 2.45) is 0 Å². The molecule has 0 aromatic carbocycles. The van der Waals surface area contributed by atoms with E-state index in [-0.39, 0.29) is 0 Å². The molecule has 0 aromatic rings. The van der Waals surface area contributed by atoms with Crippen LogP contribution in [-0.4, -0.2) is 108 Å². The summed E-state index contributed by atoms with van der Waals surface area (Å²) in [4.78, 5) is 135. The van der Waals surface area contributed by atoms with Gasteiger partial charge in [0.1, 0.15) is 0 Å². The Morgan fingerprint density at radius 1 is 0.366 bits per heavy atom. The van der Waals surface area contributed by atoms with Gasteiger partial charge in [0.15, 0.2) is 0 Å². The molecular weight excluding hydrogens is 716 g/mol. The summed E-state index contributed by atoms with van der Waals surface area (Å²) >= 11 is -10.1. The molecule has 0 bridgehead atoms. The molecule has 2 aliphatic rings. The number of cyclic esters (lactones) is 12. The third-order valence-corrected chi connectivity index (χ3v) is 7.50. The van der Waals surface area contributed by atoms with Crippen LogP contribution in [0.1, 0.15) is 0 Å². The summed E-state index contributed by atoms with van der Waals surface area (Å²) in [5.41, 5.74) is 0. The van der Waals surface area contributed by atoms with Crippen LogP contribution in [0.15, 0.2) is 0 Å². The Labute approximate surface area is 229 Å². The molecule has 0 aliphatic carbocycles. The van der Waals surface area contributed by atoms with Crippen molar-refractivity contribution >= 4 is 108 Å². The van der Waals surface area contributed by atoms with E-state index in [1.165, 1.54) is 0 Å². The molecule has 0 aromatic heterocycles. The van der Waals surface area contributed by atoms with Gasteiger partial charge in [0.2, 0.25) is 0 Å². The van der Waals surface area contributed by atoms with Crippen LogP contribution in [0.2, 0.25) is 0 Å². The summed E-state index contributed by atoms with van der Waals surface area (Å²) in [5.74, 6) is 0. The molecule has 0 amide bonds. The SMILES string of the molecule is O=C1OC(=O)OC(=O)[O][Ga]([O]C(=O)OC(=O)OC(=O)OC(=O)[O][Ga]2[O]C(=O)OC(=O)OC(=O)OC(=O)[O]2)[O]C(=O)O1. The molecule has 0 spiro atoms. The van der Waals surface area contributed by atoms with Gasteiger partial charge >= 0.3 is 230 Å². The molecule has 2 fully saturated rings. The van der Waals surface area contributed by atoms with Crippen LogP contribution < -0.4 is 0 Å². The first-order chi connectivity index (χ1) is 19.2. The van der Waals surface area contributed by atoms with Gasteiger partial charge in [-0.2, -0.15) is 0 Å². The van der Waals surface area contributed by atoms with Crippen LogP contribution in [-0.2, 0) is 63.8 Å². The van der Waals surface area contributed by atoms with Crippen molar-refractivity contribution in [1.29, 1.82) is 0 Å². The molecule has 2 saturated heterocycles. The predicted octanol–water partition coefficient (Wildman–Crippen LogP) is 0.672. The predicted molar refractivity (Wildman–Crippen MR) is 92.5 cm³/mol. The molecule has 2 aliphatic heterocycles. The van der Waals surface area contributed by atoms with E-state index < -0.39 is 108 Å².